The van der Waals surface area contributed by atoms with Gasteiger partial charge in [-0.2, -0.15) is 0 Å². The molecule has 7 N–H and O–H groups in total. The van der Waals surface area contributed by atoms with Gasteiger partial charge in [0, 0.05) is 59.6 Å². The van der Waals surface area contributed by atoms with Crippen molar-refractivity contribution in [2.24, 2.45) is 9.98 Å². The van der Waals surface area contributed by atoms with Crippen LogP contribution in [0.2, 0.25) is 0 Å². The van der Waals surface area contributed by atoms with E-state index < -0.39 is 12.1 Å². The fourth-order valence-electron chi connectivity index (χ4n) is 4.24. The summed E-state index contributed by atoms with van der Waals surface area (Å²) in [5, 5.41) is 19.9. The number of benzene rings is 3. The summed E-state index contributed by atoms with van der Waals surface area (Å²) in [5.74, 6) is 1.30. The normalized spacial score (nSPS) is 13.2. The van der Waals surface area contributed by atoms with E-state index >= 15 is 0 Å². The summed E-state index contributed by atoms with van der Waals surface area (Å²) in [4.78, 5) is 46.5. The summed E-state index contributed by atoms with van der Waals surface area (Å²) in [6, 6.07) is 18.2. The van der Waals surface area contributed by atoms with E-state index in [0.717, 1.165) is 49.0 Å². The summed E-state index contributed by atoms with van der Waals surface area (Å²) in [6.45, 7) is 7.11. The molecule has 12 heteroatoms. The molecule has 0 atom stereocenters. The molecule has 2 aliphatic rings. The Bertz CT molecular complexity index is 1380. The standard InChI is InChI=1S/C28H29N9O3.C2H6/c1-29-26(38)19-14-22(36-27(39)34-20-6-2-17(3-7-20)24-30-10-11-31-24)16-23(15-19)37-28(40)35-21-8-4-18(5-9-21)25-32-12-13-33-25;1-2/h2-9,14-16H,10-13H2,1H3,(H,29,38)(H,30,31)(H,32,33)(H2,34,36,39)(H2,35,37,40);1-2H3. The Balaban J connectivity index is 0.00000198. The minimum absolute atomic E-state index is 0.263. The van der Waals surface area contributed by atoms with E-state index in [1.165, 1.54) is 19.2 Å². The Kier molecular flexibility index (Phi) is 10.1. The third-order valence-electron chi connectivity index (χ3n) is 6.12. The van der Waals surface area contributed by atoms with E-state index in [4.69, 9.17) is 0 Å². The number of nitrogens with zero attached hydrogens (tertiary/aromatic N) is 2. The van der Waals surface area contributed by atoms with Crippen LogP contribution in [-0.2, 0) is 0 Å². The molecule has 5 rings (SSSR count). The zero-order valence-corrected chi connectivity index (χ0v) is 23.8. The Morgan fingerprint density at radius 3 is 1.38 bits per heavy atom. The molecule has 3 aromatic carbocycles. The van der Waals surface area contributed by atoms with Crippen molar-refractivity contribution in [3.8, 4) is 0 Å². The average molecular weight is 570 g/mol. The monoisotopic (exact) mass is 569 g/mol. The maximum atomic E-state index is 12.7. The van der Waals surface area contributed by atoms with Crippen LogP contribution in [0.1, 0.15) is 35.3 Å². The van der Waals surface area contributed by atoms with E-state index in [2.05, 4.69) is 47.2 Å². The van der Waals surface area contributed by atoms with Crippen LogP contribution in [0.4, 0.5) is 32.3 Å². The lowest BCUT2D eigenvalue weighted by Crippen LogP contribution is -2.23. The van der Waals surface area contributed by atoms with Gasteiger partial charge in [0.25, 0.3) is 5.91 Å². The number of amidine groups is 2. The number of amides is 5. The lowest BCUT2D eigenvalue weighted by Gasteiger charge is -2.13. The molecule has 0 radical (unpaired) electrons. The van der Waals surface area contributed by atoms with Crippen LogP contribution in [0.25, 0.3) is 0 Å². The van der Waals surface area contributed by atoms with Crippen molar-refractivity contribution in [3.63, 3.8) is 0 Å². The molecule has 0 aliphatic carbocycles. The molecule has 218 valence electrons. The molecule has 0 spiro atoms. The van der Waals surface area contributed by atoms with Crippen molar-refractivity contribution < 1.29 is 14.4 Å². The molecule has 42 heavy (non-hydrogen) atoms. The molecular formula is C30H35N9O3. The maximum absolute atomic E-state index is 12.7. The van der Waals surface area contributed by atoms with E-state index in [1.807, 2.05) is 38.1 Å². The first-order valence-electron chi connectivity index (χ1n) is 13.8. The van der Waals surface area contributed by atoms with Crippen LogP contribution in [0, 0.1) is 0 Å². The van der Waals surface area contributed by atoms with Crippen molar-refractivity contribution in [2.75, 3.05) is 54.5 Å². The predicted octanol–water partition coefficient (Wildman–Crippen LogP) is 4.06. The third kappa shape index (κ3) is 7.84. The Morgan fingerprint density at radius 1 is 0.619 bits per heavy atom. The summed E-state index contributed by atoms with van der Waals surface area (Å²) in [7, 11) is 1.50. The van der Waals surface area contributed by atoms with Gasteiger partial charge in [0.2, 0.25) is 0 Å². The number of hydrogen-bond donors (Lipinski definition) is 7. The zero-order chi connectivity index (χ0) is 29.9. The average Bonchev–Trinajstić information content (AvgIpc) is 3.74. The highest BCUT2D eigenvalue weighted by atomic mass is 16.2. The second-order valence-corrected chi connectivity index (χ2v) is 9.01. The number of carbonyl (C=O) groups excluding carboxylic acids is 3. The number of aliphatic imine (C=N–C) groups is 2. The van der Waals surface area contributed by atoms with Gasteiger partial charge in [-0.3, -0.25) is 14.8 Å². The molecule has 2 aliphatic heterocycles. The molecule has 0 unspecified atom stereocenters. The third-order valence-corrected chi connectivity index (χ3v) is 6.12. The van der Waals surface area contributed by atoms with Crippen LogP contribution < -0.4 is 37.2 Å². The fourth-order valence-corrected chi connectivity index (χ4v) is 4.24. The first kappa shape index (κ1) is 29.6. The second kappa shape index (κ2) is 14.3. The van der Waals surface area contributed by atoms with Crippen molar-refractivity contribution in [3.05, 3.63) is 83.4 Å². The van der Waals surface area contributed by atoms with Crippen LogP contribution >= 0.6 is 0 Å². The van der Waals surface area contributed by atoms with E-state index in [9.17, 15) is 14.4 Å². The van der Waals surface area contributed by atoms with Gasteiger partial charge >= 0.3 is 12.1 Å². The van der Waals surface area contributed by atoms with Gasteiger partial charge in [-0.1, -0.05) is 13.8 Å². The van der Waals surface area contributed by atoms with Crippen LogP contribution in [0.15, 0.2) is 76.7 Å². The van der Waals surface area contributed by atoms with Gasteiger partial charge in [-0.25, -0.2) is 9.59 Å². The maximum Gasteiger partial charge on any atom is 0.323 e. The molecule has 12 nitrogen and oxygen atoms in total. The Hall–Kier alpha value is -5.39. The van der Waals surface area contributed by atoms with Gasteiger partial charge in [-0.15, -0.1) is 0 Å². The number of urea groups is 2. The van der Waals surface area contributed by atoms with Gasteiger partial charge in [0.15, 0.2) is 0 Å². The largest absolute Gasteiger partial charge is 0.368 e. The van der Waals surface area contributed by atoms with E-state index in [0.29, 0.717) is 22.7 Å². The fraction of sp³-hybridized carbons (Fsp3) is 0.233. The summed E-state index contributed by atoms with van der Waals surface area (Å²) in [6.07, 6.45) is 0. The molecule has 0 fully saturated rings. The number of nitrogens with one attached hydrogen (secondary N) is 7. The van der Waals surface area contributed by atoms with Gasteiger partial charge in [0.1, 0.15) is 11.7 Å². The van der Waals surface area contributed by atoms with Crippen molar-refractivity contribution in [1.82, 2.24) is 16.0 Å². The van der Waals surface area contributed by atoms with Crippen molar-refractivity contribution in [1.29, 1.82) is 0 Å². The smallest absolute Gasteiger partial charge is 0.323 e. The molecule has 0 bridgehead atoms. The van der Waals surface area contributed by atoms with E-state index in [-0.39, 0.29) is 11.5 Å². The summed E-state index contributed by atoms with van der Waals surface area (Å²) in [5.41, 5.74) is 3.95. The topological polar surface area (TPSA) is 160 Å². The lowest BCUT2D eigenvalue weighted by molar-refractivity contribution is 0.0963. The minimum Gasteiger partial charge on any atom is -0.368 e. The quantitative estimate of drug-likeness (QED) is 0.228. The molecule has 0 aromatic heterocycles. The van der Waals surface area contributed by atoms with Gasteiger partial charge in [0.05, 0.1) is 13.1 Å². The molecule has 3 aromatic rings. The molecule has 2 heterocycles. The molecular weight excluding hydrogens is 534 g/mol. The second-order valence-electron chi connectivity index (χ2n) is 9.01. The zero-order valence-electron chi connectivity index (χ0n) is 23.8. The van der Waals surface area contributed by atoms with Crippen LogP contribution in [0.5, 0.6) is 0 Å². The highest BCUT2D eigenvalue weighted by Gasteiger charge is 2.13. The van der Waals surface area contributed by atoms with E-state index in [1.54, 1.807) is 30.3 Å². The van der Waals surface area contributed by atoms with Crippen molar-refractivity contribution in [2.45, 2.75) is 13.8 Å². The number of rotatable bonds is 7. The first-order valence-corrected chi connectivity index (χ1v) is 13.8. The lowest BCUT2D eigenvalue weighted by atomic mass is 10.1. The number of anilines is 4. The Labute approximate surface area is 244 Å². The Morgan fingerprint density at radius 2 is 1.02 bits per heavy atom. The summed E-state index contributed by atoms with van der Waals surface area (Å²) >= 11 is 0. The van der Waals surface area contributed by atoms with Gasteiger partial charge in [-0.05, 0) is 66.7 Å². The summed E-state index contributed by atoms with van der Waals surface area (Å²) < 4.78 is 0. The van der Waals surface area contributed by atoms with Gasteiger partial charge < -0.3 is 37.2 Å². The van der Waals surface area contributed by atoms with Crippen LogP contribution in [-0.4, -0.2) is 62.9 Å². The number of carbonyl (C=O) groups is 3. The highest BCUT2D eigenvalue weighted by Crippen LogP contribution is 2.21. The van der Waals surface area contributed by atoms with Crippen molar-refractivity contribution >= 4 is 52.4 Å². The highest BCUT2D eigenvalue weighted by molar-refractivity contribution is 6.06. The first-order chi connectivity index (χ1) is 20.5. The predicted molar refractivity (Wildman–Crippen MR) is 168 cm³/mol. The van der Waals surface area contributed by atoms with Crippen LogP contribution in [0.3, 0.4) is 0 Å². The molecule has 0 saturated carbocycles. The number of hydrogen-bond acceptors (Lipinski definition) is 7. The SMILES string of the molecule is CC.CNC(=O)c1cc(NC(=O)Nc2ccc(C3=NCCN3)cc2)cc(NC(=O)Nc2ccc(C3=NCCN3)cc2)c1. The minimum atomic E-state index is -0.505. The molecule has 5 amide bonds. The molecule has 0 saturated heterocycles.